The van der Waals surface area contributed by atoms with Gasteiger partial charge in [-0.1, -0.05) is 0 Å². The number of methoxy groups -OCH3 is 1. The van der Waals surface area contributed by atoms with Crippen LogP contribution in [0.5, 0.6) is 0 Å². The third-order valence-electron chi connectivity index (χ3n) is 1.10. The monoisotopic (exact) mass is 176 g/mol. The number of aliphatic hydroxyl groups is 1. The molecule has 4 N–H and O–H groups in total. The summed E-state index contributed by atoms with van der Waals surface area (Å²) in [5.41, 5.74) is 4.72. The highest BCUT2D eigenvalue weighted by Crippen LogP contribution is 1.77. The largest absolute Gasteiger partial charge is 0.381 e. The number of nitrogens with two attached hydrogens (primary N) is 1. The first kappa shape index (κ1) is 10.9. The van der Waals surface area contributed by atoms with E-state index in [1.54, 1.807) is 0 Å². The Morgan fingerprint density at radius 2 is 2.25 bits per heavy atom. The maximum Gasteiger partial charge on any atom is 0.248 e. The van der Waals surface area contributed by atoms with Gasteiger partial charge in [0.25, 0.3) is 0 Å². The number of nitrogens with one attached hydrogen (secondary N) is 1. The Hall–Kier alpha value is -1.14. The van der Waals surface area contributed by atoms with Crippen molar-refractivity contribution in [2.24, 2.45) is 5.73 Å². The van der Waals surface area contributed by atoms with E-state index in [-0.39, 0.29) is 13.2 Å². The molecule has 0 aliphatic rings. The molecule has 70 valence electrons. The van der Waals surface area contributed by atoms with Gasteiger partial charge in [0, 0.05) is 7.11 Å². The maximum atomic E-state index is 10.7. The predicted molar refractivity (Wildman–Crippen MR) is 40.1 cm³/mol. The third-order valence-corrected chi connectivity index (χ3v) is 1.10. The van der Waals surface area contributed by atoms with Crippen LogP contribution in [0, 0.1) is 0 Å². The molecule has 6 nitrogen and oxygen atoms in total. The number of carbonyl (C=O) groups excluding carboxylic acids is 2. The topological polar surface area (TPSA) is 102 Å². The first-order chi connectivity index (χ1) is 5.57. The van der Waals surface area contributed by atoms with Crippen LogP contribution < -0.4 is 11.1 Å². The molecule has 0 bridgehead atoms. The fourth-order valence-electron chi connectivity index (χ4n) is 0.493. The highest BCUT2D eigenvalue weighted by molar-refractivity contribution is 5.81. The Morgan fingerprint density at radius 3 is 2.67 bits per heavy atom. The van der Waals surface area contributed by atoms with Gasteiger partial charge >= 0.3 is 0 Å². The van der Waals surface area contributed by atoms with Crippen LogP contribution in [0.4, 0.5) is 0 Å². The summed E-state index contributed by atoms with van der Waals surface area (Å²) in [4.78, 5) is 20.9. The molecule has 1 unspecified atom stereocenters. The molecule has 0 saturated carbocycles. The molecule has 0 heterocycles. The van der Waals surface area contributed by atoms with Gasteiger partial charge in [0.15, 0.2) is 0 Å². The molecule has 6 heteroatoms. The van der Waals surface area contributed by atoms with Crippen molar-refractivity contribution in [2.75, 3.05) is 20.3 Å². The van der Waals surface area contributed by atoms with E-state index >= 15 is 0 Å². The van der Waals surface area contributed by atoms with Gasteiger partial charge in [-0.05, 0) is 0 Å². The standard InChI is InChI=1S/C6H12N2O4/c1-12-3-5(10)8-2-4(9)6(7)11/h4,9H,2-3H2,1H3,(H2,7,11)(H,8,10). The number of aliphatic hydroxyl groups excluding tert-OH is 1. The molecule has 0 spiro atoms. The summed E-state index contributed by atoms with van der Waals surface area (Å²) in [6, 6.07) is 0. The second-order valence-electron chi connectivity index (χ2n) is 2.16. The van der Waals surface area contributed by atoms with Gasteiger partial charge in [0.2, 0.25) is 11.8 Å². The van der Waals surface area contributed by atoms with Gasteiger partial charge in [-0.25, -0.2) is 0 Å². The molecule has 0 aromatic carbocycles. The lowest BCUT2D eigenvalue weighted by molar-refractivity contribution is -0.128. The summed E-state index contributed by atoms with van der Waals surface area (Å²) in [5.74, 6) is -1.27. The summed E-state index contributed by atoms with van der Waals surface area (Å²) in [7, 11) is 1.37. The van der Waals surface area contributed by atoms with E-state index in [9.17, 15) is 9.59 Å². The average Bonchev–Trinajstić information content (AvgIpc) is 2.00. The fraction of sp³-hybridized carbons (Fsp3) is 0.667. The zero-order valence-corrected chi connectivity index (χ0v) is 6.74. The zero-order valence-electron chi connectivity index (χ0n) is 6.74. The molecule has 0 fully saturated rings. The zero-order chi connectivity index (χ0) is 9.56. The van der Waals surface area contributed by atoms with E-state index in [0.717, 1.165) is 0 Å². The van der Waals surface area contributed by atoms with E-state index < -0.39 is 17.9 Å². The number of ether oxygens (including phenoxy) is 1. The van der Waals surface area contributed by atoms with Gasteiger partial charge in [0.05, 0.1) is 6.54 Å². The van der Waals surface area contributed by atoms with Crippen molar-refractivity contribution in [1.29, 1.82) is 0 Å². The van der Waals surface area contributed by atoms with Crippen LogP contribution in [0.25, 0.3) is 0 Å². The SMILES string of the molecule is COCC(=O)NCC(O)C(N)=O. The minimum absolute atomic E-state index is 0.106. The van der Waals surface area contributed by atoms with Gasteiger partial charge in [-0.2, -0.15) is 0 Å². The molecule has 0 radical (unpaired) electrons. The molecule has 2 amide bonds. The summed E-state index contributed by atoms with van der Waals surface area (Å²) >= 11 is 0. The number of hydrogen-bond donors (Lipinski definition) is 3. The quantitative estimate of drug-likeness (QED) is 0.434. The van der Waals surface area contributed by atoms with Gasteiger partial charge in [-0.15, -0.1) is 0 Å². The Balaban J connectivity index is 3.54. The first-order valence-electron chi connectivity index (χ1n) is 3.31. The van der Waals surface area contributed by atoms with Crippen molar-refractivity contribution in [1.82, 2.24) is 5.32 Å². The van der Waals surface area contributed by atoms with Crippen LogP contribution in [0.2, 0.25) is 0 Å². The van der Waals surface area contributed by atoms with E-state index in [2.05, 4.69) is 10.1 Å². The molecule has 0 aromatic heterocycles. The summed E-state index contributed by atoms with van der Waals surface area (Å²) < 4.78 is 4.49. The number of primary amides is 1. The molecule has 0 aliphatic heterocycles. The molecule has 12 heavy (non-hydrogen) atoms. The van der Waals surface area contributed by atoms with Gasteiger partial charge in [-0.3, -0.25) is 9.59 Å². The summed E-state index contributed by atoms with van der Waals surface area (Å²) in [5, 5.41) is 11.1. The van der Waals surface area contributed by atoms with E-state index in [4.69, 9.17) is 10.8 Å². The number of carbonyl (C=O) groups is 2. The molecule has 0 aliphatic carbocycles. The normalized spacial score (nSPS) is 12.2. The smallest absolute Gasteiger partial charge is 0.248 e. The molecule has 0 saturated heterocycles. The fourth-order valence-corrected chi connectivity index (χ4v) is 0.493. The maximum absolute atomic E-state index is 10.7. The Kier molecular flexibility index (Phi) is 4.98. The molecular formula is C6H12N2O4. The lowest BCUT2D eigenvalue weighted by Crippen LogP contribution is -2.41. The van der Waals surface area contributed by atoms with Crippen molar-refractivity contribution in [2.45, 2.75) is 6.10 Å². The van der Waals surface area contributed by atoms with E-state index in [0.29, 0.717) is 0 Å². The van der Waals surface area contributed by atoms with Gasteiger partial charge < -0.3 is 20.9 Å². The van der Waals surface area contributed by atoms with Crippen LogP contribution in [-0.2, 0) is 14.3 Å². The highest BCUT2D eigenvalue weighted by Gasteiger charge is 2.11. The van der Waals surface area contributed by atoms with E-state index in [1.165, 1.54) is 7.11 Å². The second kappa shape index (κ2) is 5.50. The van der Waals surface area contributed by atoms with Crippen LogP contribution in [0.1, 0.15) is 0 Å². The molecule has 1 atom stereocenters. The number of hydrogen-bond acceptors (Lipinski definition) is 4. The molecule has 0 rings (SSSR count). The number of amides is 2. The number of rotatable bonds is 5. The van der Waals surface area contributed by atoms with Crippen LogP contribution in [0.3, 0.4) is 0 Å². The Morgan fingerprint density at radius 1 is 1.67 bits per heavy atom. The third kappa shape index (κ3) is 4.64. The van der Waals surface area contributed by atoms with Crippen LogP contribution in [0.15, 0.2) is 0 Å². The average molecular weight is 176 g/mol. The molecular weight excluding hydrogens is 164 g/mol. The summed E-state index contributed by atoms with van der Waals surface area (Å²) in [6.07, 6.45) is -1.34. The second-order valence-corrected chi connectivity index (χ2v) is 2.16. The minimum atomic E-state index is -1.34. The van der Waals surface area contributed by atoms with Gasteiger partial charge in [0.1, 0.15) is 12.7 Å². The van der Waals surface area contributed by atoms with Crippen LogP contribution in [-0.4, -0.2) is 43.3 Å². The minimum Gasteiger partial charge on any atom is -0.381 e. The summed E-state index contributed by atoms with van der Waals surface area (Å²) in [6.45, 7) is -0.289. The lowest BCUT2D eigenvalue weighted by atomic mass is 10.3. The van der Waals surface area contributed by atoms with Crippen molar-refractivity contribution in [3.05, 3.63) is 0 Å². The first-order valence-corrected chi connectivity index (χ1v) is 3.31. The Labute approximate surface area is 69.7 Å². The molecule has 0 aromatic rings. The predicted octanol–water partition coefficient (Wildman–Crippen LogP) is -2.40. The Bertz CT molecular complexity index is 171. The van der Waals surface area contributed by atoms with Crippen molar-refractivity contribution in [3.63, 3.8) is 0 Å². The van der Waals surface area contributed by atoms with Crippen molar-refractivity contribution in [3.8, 4) is 0 Å². The van der Waals surface area contributed by atoms with Crippen molar-refractivity contribution >= 4 is 11.8 Å². The lowest BCUT2D eigenvalue weighted by Gasteiger charge is -2.07. The van der Waals surface area contributed by atoms with Crippen molar-refractivity contribution < 1.29 is 19.4 Å². The van der Waals surface area contributed by atoms with E-state index in [1.807, 2.05) is 0 Å². The van der Waals surface area contributed by atoms with Crippen LogP contribution >= 0.6 is 0 Å². The highest BCUT2D eigenvalue weighted by atomic mass is 16.5.